The topological polar surface area (TPSA) is 64.3 Å². The van der Waals surface area contributed by atoms with Crippen LogP contribution in [0.1, 0.15) is 31.0 Å². The fraction of sp³-hybridized carbons (Fsp3) is 0.278. The number of benzene rings is 2. The monoisotopic (exact) mass is 298 g/mol. The first-order valence-corrected chi connectivity index (χ1v) is 7.38. The summed E-state index contributed by atoms with van der Waals surface area (Å²) in [6, 6.07) is 16.2. The molecule has 1 amide bonds. The first-order valence-electron chi connectivity index (χ1n) is 7.38. The van der Waals surface area contributed by atoms with E-state index in [0.29, 0.717) is 6.61 Å². The Morgan fingerprint density at radius 1 is 1.09 bits per heavy atom. The summed E-state index contributed by atoms with van der Waals surface area (Å²) in [7, 11) is 0. The molecule has 0 radical (unpaired) electrons. The van der Waals surface area contributed by atoms with Crippen molar-refractivity contribution in [3.63, 3.8) is 0 Å². The van der Waals surface area contributed by atoms with Gasteiger partial charge in [-0.25, -0.2) is 0 Å². The summed E-state index contributed by atoms with van der Waals surface area (Å²) in [4.78, 5) is 12.2. The molecule has 0 fully saturated rings. The molecule has 22 heavy (non-hydrogen) atoms. The summed E-state index contributed by atoms with van der Waals surface area (Å²) >= 11 is 0. The summed E-state index contributed by atoms with van der Waals surface area (Å²) in [5.74, 6) is -0.225. The van der Waals surface area contributed by atoms with E-state index < -0.39 is 6.04 Å². The van der Waals surface area contributed by atoms with Gasteiger partial charge in [-0.05, 0) is 37.1 Å². The van der Waals surface area contributed by atoms with Gasteiger partial charge in [0.05, 0.1) is 12.7 Å². The number of carbonyl (C=O) groups excluding carboxylic acids is 1. The third-order valence-electron chi connectivity index (χ3n) is 3.25. The lowest BCUT2D eigenvalue weighted by molar-refractivity contribution is -0.117. The third kappa shape index (κ3) is 4.69. The smallest absolute Gasteiger partial charge is 0.245 e. The normalized spacial score (nSPS) is 12.2. The van der Waals surface area contributed by atoms with Crippen LogP contribution >= 0.6 is 0 Å². The van der Waals surface area contributed by atoms with Crippen molar-refractivity contribution in [2.45, 2.75) is 32.6 Å². The Balaban J connectivity index is 1.94. The number of amides is 1. The van der Waals surface area contributed by atoms with Gasteiger partial charge in [0.2, 0.25) is 5.91 Å². The van der Waals surface area contributed by atoms with Crippen LogP contribution in [-0.2, 0) is 16.1 Å². The third-order valence-corrected chi connectivity index (χ3v) is 3.25. The number of rotatable bonds is 6. The molecule has 2 aromatic carbocycles. The molecule has 0 saturated carbocycles. The maximum atomic E-state index is 12.2. The lowest BCUT2D eigenvalue weighted by atomic mass is 10.1. The van der Waals surface area contributed by atoms with E-state index in [9.17, 15) is 4.79 Å². The first-order chi connectivity index (χ1) is 10.6. The van der Waals surface area contributed by atoms with Gasteiger partial charge in [-0.1, -0.05) is 42.5 Å². The quantitative estimate of drug-likeness (QED) is 0.860. The predicted octanol–water partition coefficient (Wildman–Crippen LogP) is 3.25. The minimum atomic E-state index is -0.676. The van der Waals surface area contributed by atoms with Crippen molar-refractivity contribution in [2.24, 2.45) is 5.73 Å². The number of anilines is 1. The van der Waals surface area contributed by atoms with Gasteiger partial charge in [0, 0.05) is 5.69 Å². The lowest BCUT2D eigenvalue weighted by Gasteiger charge is -2.13. The second-order valence-electron chi connectivity index (χ2n) is 5.43. The summed E-state index contributed by atoms with van der Waals surface area (Å²) < 4.78 is 5.54. The van der Waals surface area contributed by atoms with Crippen LogP contribution in [0.15, 0.2) is 54.6 Å². The van der Waals surface area contributed by atoms with Crippen LogP contribution in [0, 0.1) is 0 Å². The molecule has 0 spiro atoms. The molecule has 1 unspecified atom stereocenters. The molecule has 3 N–H and O–H groups in total. The first kappa shape index (κ1) is 16.2. The van der Waals surface area contributed by atoms with Gasteiger partial charge in [-0.3, -0.25) is 4.79 Å². The summed E-state index contributed by atoms with van der Waals surface area (Å²) in [5.41, 5.74) is 8.55. The van der Waals surface area contributed by atoms with Crippen molar-refractivity contribution in [2.75, 3.05) is 5.32 Å². The Morgan fingerprint density at radius 2 is 1.73 bits per heavy atom. The minimum Gasteiger partial charge on any atom is -0.374 e. The molecule has 1 atom stereocenters. The van der Waals surface area contributed by atoms with E-state index in [1.165, 1.54) is 0 Å². The Morgan fingerprint density at radius 3 is 2.32 bits per heavy atom. The zero-order valence-electron chi connectivity index (χ0n) is 13.0. The van der Waals surface area contributed by atoms with Crippen molar-refractivity contribution >= 4 is 11.6 Å². The highest BCUT2D eigenvalue weighted by Gasteiger charge is 2.15. The minimum absolute atomic E-state index is 0.197. The van der Waals surface area contributed by atoms with Gasteiger partial charge in [-0.15, -0.1) is 0 Å². The van der Waals surface area contributed by atoms with Crippen molar-refractivity contribution < 1.29 is 9.53 Å². The second kappa shape index (κ2) is 7.73. The lowest BCUT2D eigenvalue weighted by Crippen LogP contribution is -2.27. The van der Waals surface area contributed by atoms with Crippen LogP contribution in [0.5, 0.6) is 0 Å². The molecule has 2 aromatic rings. The van der Waals surface area contributed by atoms with E-state index in [0.717, 1.165) is 16.8 Å². The zero-order valence-corrected chi connectivity index (χ0v) is 13.0. The average molecular weight is 298 g/mol. The summed E-state index contributed by atoms with van der Waals surface area (Å²) in [6.45, 7) is 4.56. The Bertz CT molecular complexity index is 594. The Kier molecular flexibility index (Phi) is 5.69. The van der Waals surface area contributed by atoms with Crippen molar-refractivity contribution in [1.29, 1.82) is 0 Å². The van der Waals surface area contributed by atoms with E-state index in [2.05, 4.69) is 5.32 Å². The van der Waals surface area contributed by atoms with Crippen molar-refractivity contribution in [3.05, 3.63) is 65.7 Å². The molecular formula is C18H22N2O2. The van der Waals surface area contributed by atoms with Gasteiger partial charge < -0.3 is 15.8 Å². The largest absolute Gasteiger partial charge is 0.374 e. The molecule has 116 valence electrons. The second-order valence-corrected chi connectivity index (χ2v) is 5.43. The maximum absolute atomic E-state index is 12.2. The molecular weight excluding hydrogens is 276 g/mol. The van der Waals surface area contributed by atoms with Gasteiger partial charge in [0.25, 0.3) is 0 Å². The Labute approximate surface area is 131 Å². The molecule has 4 nitrogen and oxygen atoms in total. The van der Waals surface area contributed by atoms with Gasteiger partial charge >= 0.3 is 0 Å². The molecule has 0 aliphatic carbocycles. The van der Waals surface area contributed by atoms with Crippen LogP contribution in [0.3, 0.4) is 0 Å². The van der Waals surface area contributed by atoms with Gasteiger partial charge in [0.1, 0.15) is 6.04 Å². The molecule has 0 aromatic heterocycles. The molecule has 0 aliphatic heterocycles. The highest BCUT2D eigenvalue weighted by atomic mass is 16.5. The molecule has 4 heteroatoms. The number of hydrogen-bond acceptors (Lipinski definition) is 3. The van der Waals surface area contributed by atoms with Gasteiger partial charge in [0.15, 0.2) is 0 Å². The number of ether oxygens (including phenoxy) is 1. The summed E-state index contributed by atoms with van der Waals surface area (Å²) in [6.07, 6.45) is 0.197. The standard InChI is InChI=1S/C18H22N2O2/c1-13(2)22-12-14-8-10-16(11-9-14)20-18(21)17(19)15-6-4-3-5-7-15/h3-11,13,17H,12,19H2,1-2H3,(H,20,21). The molecule has 0 bridgehead atoms. The number of carbonyl (C=O) groups is 1. The van der Waals surface area contributed by atoms with Crippen LogP contribution in [0.4, 0.5) is 5.69 Å². The molecule has 0 heterocycles. The van der Waals surface area contributed by atoms with E-state index in [4.69, 9.17) is 10.5 Å². The molecule has 0 saturated heterocycles. The van der Waals surface area contributed by atoms with Crippen LogP contribution < -0.4 is 11.1 Å². The van der Waals surface area contributed by atoms with Crippen LogP contribution in [0.2, 0.25) is 0 Å². The summed E-state index contributed by atoms with van der Waals surface area (Å²) in [5, 5.41) is 2.83. The highest BCUT2D eigenvalue weighted by molar-refractivity contribution is 5.95. The number of hydrogen-bond donors (Lipinski definition) is 2. The van der Waals surface area contributed by atoms with Crippen LogP contribution in [0.25, 0.3) is 0 Å². The van der Waals surface area contributed by atoms with E-state index >= 15 is 0 Å². The number of nitrogens with two attached hydrogens (primary N) is 1. The van der Waals surface area contributed by atoms with Gasteiger partial charge in [-0.2, -0.15) is 0 Å². The fourth-order valence-corrected chi connectivity index (χ4v) is 1.98. The van der Waals surface area contributed by atoms with Crippen molar-refractivity contribution in [1.82, 2.24) is 0 Å². The highest BCUT2D eigenvalue weighted by Crippen LogP contribution is 2.15. The van der Waals surface area contributed by atoms with Crippen molar-refractivity contribution in [3.8, 4) is 0 Å². The zero-order chi connectivity index (χ0) is 15.9. The SMILES string of the molecule is CC(C)OCc1ccc(NC(=O)C(N)c2ccccc2)cc1. The fourth-order valence-electron chi connectivity index (χ4n) is 1.98. The Hall–Kier alpha value is -2.17. The molecule has 2 rings (SSSR count). The average Bonchev–Trinajstić information content (AvgIpc) is 2.54. The van der Waals surface area contributed by atoms with E-state index in [-0.39, 0.29) is 12.0 Å². The molecule has 0 aliphatic rings. The maximum Gasteiger partial charge on any atom is 0.245 e. The van der Waals surface area contributed by atoms with Crippen LogP contribution in [-0.4, -0.2) is 12.0 Å². The van der Waals surface area contributed by atoms with E-state index in [1.807, 2.05) is 68.4 Å². The number of nitrogens with one attached hydrogen (secondary N) is 1. The predicted molar refractivity (Wildman–Crippen MR) is 88.4 cm³/mol. The van der Waals surface area contributed by atoms with E-state index in [1.54, 1.807) is 0 Å².